The zero-order valence-electron chi connectivity index (χ0n) is 11.1. The highest BCUT2D eigenvalue weighted by atomic mass is 16.7. The molecule has 0 saturated heterocycles. The second kappa shape index (κ2) is 5.21. The molecule has 0 N–H and O–H groups in total. The van der Waals surface area contributed by atoms with Crippen LogP contribution in [0.3, 0.4) is 0 Å². The standard InChI is InChI=1S/C14H20O3/c1-10(2)8-11(3)6-7-12-9-13(15)17-14(4,5)16-12/h6-10H,1-5H3/b7-6+,11-8+. The molecule has 0 amide bonds. The van der Waals surface area contributed by atoms with Gasteiger partial charge in [-0.2, -0.15) is 0 Å². The van der Waals surface area contributed by atoms with Crippen molar-refractivity contribution in [2.24, 2.45) is 5.92 Å². The molecule has 3 heteroatoms. The van der Waals surface area contributed by atoms with Gasteiger partial charge >= 0.3 is 5.97 Å². The summed E-state index contributed by atoms with van der Waals surface area (Å²) in [5.74, 6) is -0.224. The molecule has 0 aromatic carbocycles. The lowest BCUT2D eigenvalue weighted by Crippen LogP contribution is -2.33. The lowest BCUT2D eigenvalue weighted by atomic mass is 10.1. The molecule has 1 aliphatic rings. The molecule has 0 aliphatic carbocycles. The van der Waals surface area contributed by atoms with E-state index in [4.69, 9.17) is 9.47 Å². The average Bonchev–Trinajstić information content (AvgIpc) is 2.10. The molecule has 3 nitrogen and oxygen atoms in total. The van der Waals surface area contributed by atoms with Gasteiger partial charge in [-0.3, -0.25) is 0 Å². The van der Waals surface area contributed by atoms with Gasteiger partial charge in [0, 0.05) is 13.8 Å². The maximum atomic E-state index is 11.3. The van der Waals surface area contributed by atoms with Crippen molar-refractivity contribution in [3.63, 3.8) is 0 Å². The minimum atomic E-state index is -0.888. The Morgan fingerprint density at radius 2 is 2.00 bits per heavy atom. The number of ether oxygens (including phenoxy) is 2. The van der Waals surface area contributed by atoms with Crippen molar-refractivity contribution in [3.8, 4) is 0 Å². The van der Waals surface area contributed by atoms with Crippen LogP contribution in [0.4, 0.5) is 0 Å². The molecule has 0 aromatic heterocycles. The van der Waals surface area contributed by atoms with Crippen molar-refractivity contribution in [3.05, 3.63) is 35.6 Å². The van der Waals surface area contributed by atoms with Gasteiger partial charge in [-0.05, 0) is 18.9 Å². The number of allylic oxidation sites excluding steroid dienone is 4. The summed E-state index contributed by atoms with van der Waals surface area (Å²) in [7, 11) is 0. The van der Waals surface area contributed by atoms with Gasteiger partial charge in [-0.1, -0.05) is 31.6 Å². The van der Waals surface area contributed by atoms with E-state index < -0.39 is 5.79 Å². The summed E-state index contributed by atoms with van der Waals surface area (Å²) in [5, 5.41) is 0. The van der Waals surface area contributed by atoms with Crippen molar-refractivity contribution in [2.75, 3.05) is 0 Å². The fourth-order valence-electron chi connectivity index (χ4n) is 1.60. The fourth-order valence-corrected chi connectivity index (χ4v) is 1.60. The van der Waals surface area contributed by atoms with Crippen LogP contribution in [0.5, 0.6) is 0 Å². The first-order valence-corrected chi connectivity index (χ1v) is 5.79. The van der Waals surface area contributed by atoms with E-state index in [9.17, 15) is 4.79 Å². The van der Waals surface area contributed by atoms with Crippen molar-refractivity contribution in [1.29, 1.82) is 0 Å². The number of carbonyl (C=O) groups is 1. The van der Waals surface area contributed by atoms with Crippen LogP contribution in [0.2, 0.25) is 0 Å². The molecular formula is C14H20O3. The zero-order valence-corrected chi connectivity index (χ0v) is 11.1. The fraction of sp³-hybridized carbons (Fsp3) is 0.500. The Bertz CT molecular complexity index is 384. The van der Waals surface area contributed by atoms with Gasteiger partial charge in [0.1, 0.15) is 5.76 Å². The molecular weight excluding hydrogens is 216 g/mol. The molecule has 0 radical (unpaired) electrons. The van der Waals surface area contributed by atoms with Crippen molar-refractivity contribution >= 4 is 5.97 Å². The lowest BCUT2D eigenvalue weighted by Gasteiger charge is -2.29. The van der Waals surface area contributed by atoms with Crippen molar-refractivity contribution < 1.29 is 14.3 Å². The summed E-state index contributed by atoms with van der Waals surface area (Å²) in [6.07, 6.45) is 7.21. The minimum Gasteiger partial charge on any atom is -0.453 e. The Hall–Kier alpha value is -1.51. The van der Waals surface area contributed by atoms with Crippen LogP contribution in [0.25, 0.3) is 0 Å². The van der Waals surface area contributed by atoms with Gasteiger partial charge in [0.2, 0.25) is 5.79 Å². The maximum absolute atomic E-state index is 11.3. The predicted octanol–water partition coefficient (Wildman–Crippen LogP) is 3.34. The zero-order chi connectivity index (χ0) is 13.1. The largest absolute Gasteiger partial charge is 0.453 e. The van der Waals surface area contributed by atoms with Gasteiger partial charge in [-0.25, -0.2) is 4.79 Å². The summed E-state index contributed by atoms with van der Waals surface area (Å²) >= 11 is 0. The first kappa shape index (κ1) is 13.6. The maximum Gasteiger partial charge on any atom is 0.337 e. The third-order valence-corrected chi connectivity index (χ3v) is 2.08. The second-order valence-electron chi connectivity index (χ2n) is 4.96. The Kier molecular flexibility index (Phi) is 4.16. The third kappa shape index (κ3) is 4.89. The van der Waals surface area contributed by atoms with E-state index in [1.165, 1.54) is 6.08 Å². The molecule has 0 saturated carbocycles. The smallest absolute Gasteiger partial charge is 0.337 e. The van der Waals surface area contributed by atoms with E-state index in [0.717, 1.165) is 5.57 Å². The van der Waals surface area contributed by atoms with E-state index in [1.807, 2.05) is 13.0 Å². The van der Waals surface area contributed by atoms with Crippen LogP contribution in [-0.2, 0) is 14.3 Å². The van der Waals surface area contributed by atoms with Crippen LogP contribution in [0.15, 0.2) is 35.6 Å². The normalized spacial score (nSPS) is 20.2. The highest BCUT2D eigenvalue weighted by molar-refractivity contribution is 5.84. The number of hydrogen-bond donors (Lipinski definition) is 0. The van der Waals surface area contributed by atoms with Crippen LogP contribution < -0.4 is 0 Å². The molecule has 0 bridgehead atoms. The SMILES string of the molecule is CC(/C=C/C1=CC(=O)OC(C)(C)O1)=C\C(C)C. The van der Waals surface area contributed by atoms with Gasteiger partial charge in [-0.15, -0.1) is 0 Å². The van der Waals surface area contributed by atoms with Gasteiger partial charge in [0.05, 0.1) is 6.08 Å². The molecule has 1 heterocycles. The van der Waals surface area contributed by atoms with Crippen molar-refractivity contribution in [2.45, 2.75) is 40.4 Å². The topological polar surface area (TPSA) is 35.5 Å². The Morgan fingerprint density at radius 3 is 2.53 bits per heavy atom. The van der Waals surface area contributed by atoms with Gasteiger partial charge < -0.3 is 9.47 Å². The highest BCUT2D eigenvalue weighted by Crippen LogP contribution is 2.22. The number of esters is 1. The number of carbonyl (C=O) groups excluding carboxylic acids is 1. The van der Waals surface area contributed by atoms with E-state index in [2.05, 4.69) is 19.9 Å². The summed E-state index contributed by atoms with van der Waals surface area (Å²) in [6, 6.07) is 0. The number of cyclic esters (lactones) is 1. The van der Waals surface area contributed by atoms with Gasteiger partial charge in [0.15, 0.2) is 0 Å². The number of hydrogen-bond acceptors (Lipinski definition) is 3. The first-order chi connectivity index (χ1) is 7.78. The predicted molar refractivity (Wildman–Crippen MR) is 67.1 cm³/mol. The second-order valence-corrected chi connectivity index (χ2v) is 4.96. The quantitative estimate of drug-likeness (QED) is 0.557. The summed E-state index contributed by atoms with van der Waals surface area (Å²) in [4.78, 5) is 11.3. The van der Waals surface area contributed by atoms with Crippen LogP contribution in [-0.4, -0.2) is 11.8 Å². The Balaban J connectivity index is 2.75. The molecule has 0 unspecified atom stereocenters. The van der Waals surface area contributed by atoms with Crippen LogP contribution in [0, 0.1) is 5.92 Å². The van der Waals surface area contributed by atoms with E-state index in [-0.39, 0.29) is 5.97 Å². The molecule has 1 aliphatic heterocycles. The first-order valence-electron chi connectivity index (χ1n) is 5.79. The number of rotatable bonds is 3. The Labute approximate surface area is 103 Å². The molecule has 17 heavy (non-hydrogen) atoms. The van der Waals surface area contributed by atoms with Gasteiger partial charge in [0.25, 0.3) is 0 Å². The molecule has 0 spiro atoms. The minimum absolute atomic E-state index is 0.369. The summed E-state index contributed by atoms with van der Waals surface area (Å²) in [5.41, 5.74) is 1.14. The summed E-state index contributed by atoms with van der Waals surface area (Å²) < 4.78 is 10.5. The molecule has 0 fully saturated rings. The van der Waals surface area contributed by atoms with Crippen LogP contribution in [0.1, 0.15) is 34.6 Å². The Morgan fingerprint density at radius 1 is 1.35 bits per heavy atom. The monoisotopic (exact) mass is 236 g/mol. The molecule has 0 aromatic rings. The van der Waals surface area contributed by atoms with E-state index in [1.54, 1.807) is 19.9 Å². The van der Waals surface area contributed by atoms with E-state index >= 15 is 0 Å². The third-order valence-electron chi connectivity index (χ3n) is 2.08. The van der Waals surface area contributed by atoms with Crippen LogP contribution >= 0.6 is 0 Å². The molecule has 1 rings (SSSR count). The lowest BCUT2D eigenvalue weighted by molar-refractivity contribution is -0.203. The highest BCUT2D eigenvalue weighted by Gasteiger charge is 2.28. The van der Waals surface area contributed by atoms with E-state index in [0.29, 0.717) is 11.7 Å². The van der Waals surface area contributed by atoms with Crippen molar-refractivity contribution in [1.82, 2.24) is 0 Å². The summed E-state index contributed by atoms with van der Waals surface area (Å²) in [6.45, 7) is 9.68. The molecule has 0 atom stereocenters. The molecule has 94 valence electrons. The average molecular weight is 236 g/mol.